The number of fused-ring (bicyclic) bond motifs is 1. The molecule has 0 aliphatic carbocycles. The molecule has 0 saturated heterocycles. The van der Waals surface area contributed by atoms with Gasteiger partial charge in [0.15, 0.2) is 0 Å². The maximum Gasteiger partial charge on any atom is 0.305 e. The first-order valence-electron chi connectivity index (χ1n) is 8.70. The number of hydrogen-bond donors (Lipinski definition) is 4. The molecule has 3 rings (SSSR count). The number of nitrogens with zero attached hydrogens (tertiary/aromatic N) is 2. The molecule has 0 bridgehead atoms. The van der Waals surface area contributed by atoms with Crippen molar-refractivity contribution in [2.45, 2.75) is 13.3 Å². The fourth-order valence-corrected chi connectivity index (χ4v) is 3.05. The number of aromatic nitrogens is 2. The highest BCUT2D eigenvalue weighted by atomic mass is 16.4. The average Bonchev–Trinajstić information content (AvgIpc) is 2.97. The zero-order valence-electron chi connectivity index (χ0n) is 15.6. The third-order valence-electron chi connectivity index (χ3n) is 4.55. The van der Waals surface area contributed by atoms with E-state index < -0.39 is 5.97 Å². The molecule has 0 atom stereocenters. The predicted molar refractivity (Wildman–Crippen MR) is 106 cm³/mol. The van der Waals surface area contributed by atoms with Gasteiger partial charge in [0.05, 0.1) is 17.5 Å². The number of nitrogens with two attached hydrogens (primary N) is 1. The fourth-order valence-electron chi connectivity index (χ4n) is 3.05. The highest BCUT2D eigenvalue weighted by Gasteiger charge is 2.15. The summed E-state index contributed by atoms with van der Waals surface area (Å²) in [5.41, 5.74) is 10.0. The van der Waals surface area contributed by atoms with Gasteiger partial charge >= 0.3 is 5.97 Å². The van der Waals surface area contributed by atoms with Crippen molar-refractivity contribution in [1.82, 2.24) is 14.9 Å². The first-order chi connectivity index (χ1) is 13.3. The molecular formula is C20H21N5O3. The lowest BCUT2D eigenvalue weighted by Crippen LogP contribution is -2.25. The number of rotatable bonds is 6. The van der Waals surface area contributed by atoms with Crippen LogP contribution in [0.3, 0.4) is 0 Å². The Balaban J connectivity index is 1.94. The smallest absolute Gasteiger partial charge is 0.305 e. The van der Waals surface area contributed by atoms with Crippen molar-refractivity contribution in [3.63, 3.8) is 0 Å². The molecule has 5 N–H and O–H groups in total. The number of aryl methyl sites for hydroxylation is 2. The minimum Gasteiger partial charge on any atom is -0.481 e. The summed E-state index contributed by atoms with van der Waals surface area (Å²) in [6, 6.07) is 10.7. The van der Waals surface area contributed by atoms with E-state index in [2.05, 4.69) is 10.3 Å². The van der Waals surface area contributed by atoms with Gasteiger partial charge < -0.3 is 20.7 Å². The van der Waals surface area contributed by atoms with Gasteiger partial charge in [-0.3, -0.25) is 15.0 Å². The van der Waals surface area contributed by atoms with Gasteiger partial charge in [-0.2, -0.15) is 0 Å². The van der Waals surface area contributed by atoms with Crippen LogP contribution < -0.4 is 11.1 Å². The fraction of sp³-hybridized carbons (Fsp3) is 0.200. The normalized spacial score (nSPS) is 10.8. The van der Waals surface area contributed by atoms with Gasteiger partial charge in [0, 0.05) is 30.3 Å². The Morgan fingerprint density at radius 3 is 2.57 bits per heavy atom. The Bertz CT molecular complexity index is 1100. The molecule has 8 heteroatoms. The Labute approximate surface area is 161 Å². The van der Waals surface area contributed by atoms with Crippen LogP contribution in [-0.4, -0.2) is 38.9 Å². The lowest BCUT2D eigenvalue weighted by Gasteiger charge is -2.08. The van der Waals surface area contributed by atoms with E-state index in [-0.39, 0.29) is 24.7 Å². The minimum atomic E-state index is -0.962. The molecule has 0 spiro atoms. The van der Waals surface area contributed by atoms with Crippen LogP contribution in [0.1, 0.15) is 27.9 Å². The average molecular weight is 379 g/mol. The topological polar surface area (TPSA) is 134 Å². The van der Waals surface area contributed by atoms with Crippen molar-refractivity contribution in [2.75, 3.05) is 6.54 Å². The molecule has 1 heterocycles. The first kappa shape index (κ1) is 19.1. The van der Waals surface area contributed by atoms with Crippen LogP contribution in [0.4, 0.5) is 0 Å². The lowest BCUT2D eigenvalue weighted by atomic mass is 10.0. The van der Waals surface area contributed by atoms with Crippen LogP contribution in [0.2, 0.25) is 0 Å². The van der Waals surface area contributed by atoms with E-state index >= 15 is 0 Å². The molecule has 0 fully saturated rings. The van der Waals surface area contributed by atoms with E-state index in [9.17, 15) is 9.59 Å². The number of amides is 1. The van der Waals surface area contributed by atoms with E-state index in [1.165, 1.54) is 0 Å². The van der Waals surface area contributed by atoms with Crippen LogP contribution in [0, 0.1) is 12.3 Å². The molecule has 1 amide bonds. The summed E-state index contributed by atoms with van der Waals surface area (Å²) >= 11 is 0. The Morgan fingerprint density at radius 1 is 1.21 bits per heavy atom. The highest BCUT2D eigenvalue weighted by molar-refractivity contribution is 5.98. The van der Waals surface area contributed by atoms with Crippen molar-refractivity contribution < 1.29 is 14.7 Å². The number of hydrogen-bond acceptors (Lipinski definition) is 4. The van der Waals surface area contributed by atoms with Crippen molar-refractivity contribution in [1.29, 1.82) is 5.41 Å². The Kier molecular flexibility index (Phi) is 5.12. The van der Waals surface area contributed by atoms with Crippen LogP contribution >= 0.6 is 0 Å². The van der Waals surface area contributed by atoms with Gasteiger partial charge in [0.1, 0.15) is 11.7 Å². The van der Waals surface area contributed by atoms with Crippen molar-refractivity contribution in [3.05, 3.63) is 53.1 Å². The van der Waals surface area contributed by atoms with E-state index in [1.807, 2.05) is 36.7 Å². The number of nitrogens with one attached hydrogen (secondary N) is 2. The molecule has 0 radical (unpaired) electrons. The lowest BCUT2D eigenvalue weighted by molar-refractivity contribution is -0.136. The largest absolute Gasteiger partial charge is 0.481 e. The molecule has 1 aromatic heterocycles. The van der Waals surface area contributed by atoms with Crippen LogP contribution in [0.25, 0.3) is 22.4 Å². The van der Waals surface area contributed by atoms with Gasteiger partial charge in [-0.05, 0) is 36.8 Å². The second kappa shape index (κ2) is 7.51. The summed E-state index contributed by atoms with van der Waals surface area (Å²) in [6.07, 6.45) is -0.128. The molecular weight excluding hydrogens is 358 g/mol. The summed E-state index contributed by atoms with van der Waals surface area (Å²) in [4.78, 5) is 27.5. The molecule has 144 valence electrons. The summed E-state index contributed by atoms with van der Waals surface area (Å²) < 4.78 is 1.94. The number of aliphatic carboxylic acids is 1. The van der Waals surface area contributed by atoms with Gasteiger partial charge in [-0.25, -0.2) is 4.98 Å². The van der Waals surface area contributed by atoms with E-state index in [1.54, 1.807) is 18.2 Å². The SMILES string of the molecule is Cc1cc(C(=N)N)ccc1-c1nc2cc(C(=O)NCCC(=O)O)ccc2n1C. The second-order valence-corrected chi connectivity index (χ2v) is 6.54. The molecule has 8 nitrogen and oxygen atoms in total. The molecule has 0 unspecified atom stereocenters. The number of imidazole rings is 1. The molecule has 0 saturated carbocycles. The van der Waals surface area contributed by atoms with Crippen molar-refractivity contribution >= 4 is 28.7 Å². The summed E-state index contributed by atoms with van der Waals surface area (Å²) in [5.74, 6) is -0.544. The molecule has 2 aromatic carbocycles. The number of carboxylic acids is 1. The van der Waals surface area contributed by atoms with Crippen LogP contribution in [0.5, 0.6) is 0 Å². The molecule has 0 aliphatic rings. The standard InChI is InChI=1S/C20H21N5O3/c1-11-9-12(18(21)22)3-5-14(11)19-24-15-10-13(4-6-16(15)25(19)2)20(28)23-8-7-17(26)27/h3-6,9-10H,7-8H2,1-2H3,(H3,21,22)(H,23,28)(H,26,27). The van der Waals surface area contributed by atoms with Gasteiger partial charge in [-0.15, -0.1) is 0 Å². The maximum absolute atomic E-state index is 12.2. The number of carbonyl (C=O) groups is 2. The van der Waals surface area contributed by atoms with E-state index in [4.69, 9.17) is 16.2 Å². The molecule has 0 aliphatic heterocycles. The van der Waals surface area contributed by atoms with E-state index in [0.717, 1.165) is 22.5 Å². The number of carbonyl (C=O) groups excluding carboxylic acids is 1. The van der Waals surface area contributed by atoms with Crippen molar-refractivity contribution in [3.8, 4) is 11.4 Å². The summed E-state index contributed by atoms with van der Waals surface area (Å²) in [6.45, 7) is 2.00. The zero-order valence-corrected chi connectivity index (χ0v) is 15.6. The quantitative estimate of drug-likeness (QED) is 0.384. The first-order valence-corrected chi connectivity index (χ1v) is 8.70. The number of amidine groups is 1. The third-order valence-corrected chi connectivity index (χ3v) is 4.55. The van der Waals surface area contributed by atoms with Crippen molar-refractivity contribution in [2.24, 2.45) is 12.8 Å². The Hall–Kier alpha value is -3.68. The minimum absolute atomic E-state index is 0.0122. The molecule has 28 heavy (non-hydrogen) atoms. The number of carboxylic acid groups (broad SMARTS) is 1. The zero-order chi connectivity index (χ0) is 20.4. The predicted octanol–water partition coefficient (Wildman–Crippen LogP) is 2.04. The van der Waals surface area contributed by atoms with Gasteiger partial charge in [0.25, 0.3) is 5.91 Å². The second-order valence-electron chi connectivity index (χ2n) is 6.54. The van der Waals surface area contributed by atoms with E-state index in [0.29, 0.717) is 16.6 Å². The third kappa shape index (κ3) is 3.71. The van der Waals surface area contributed by atoms with Crippen LogP contribution in [-0.2, 0) is 11.8 Å². The highest BCUT2D eigenvalue weighted by Crippen LogP contribution is 2.27. The monoisotopic (exact) mass is 379 g/mol. The van der Waals surface area contributed by atoms with Gasteiger partial charge in [-0.1, -0.05) is 12.1 Å². The Morgan fingerprint density at radius 2 is 1.93 bits per heavy atom. The van der Waals surface area contributed by atoms with Gasteiger partial charge in [0.2, 0.25) is 0 Å². The number of nitrogen functional groups attached to an aromatic ring is 1. The molecule has 3 aromatic rings. The summed E-state index contributed by atoms with van der Waals surface area (Å²) in [5, 5.41) is 18.8. The number of benzene rings is 2. The summed E-state index contributed by atoms with van der Waals surface area (Å²) in [7, 11) is 1.90. The van der Waals surface area contributed by atoms with Crippen LogP contribution in [0.15, 0.2) is 36.4 Å². The maximum atomic E-state index is 12.2.